The van der Waals surface area contributed by atoms with E-state index >= 15 is 0 Å². The molecule has 0 aliphatic rings. The Morgan fingerprint density at radius 1 is 1.10 bits per heavy atom. The zero-order valence-electron chi connectivity index (χ0n) is 15.9. The SMILES string of the molecule is N#CC(=O)Nc1cc(Nc2cc(NCc3cccc(F)c3)c(C(N)=O)cn2)ccc1F. The van der Waals surface area contributed by atoms with E-state index in [2.05, 4.69) is 20.9 Å². The number of pyridine rings is 1. The number of hydrogen-bond donors (Lipinski definition) is 4. The maximum absolute atomic E-state index is 13.8. The van der Waals surface area contributed by atoms with Gasteiger partial charge in [-0.2, -0.15) is 5.26 Å². The third-order valence-corrected chi connectivity index (χ3v) is 4.13. The molecule has 3 aromatic rings. The van der Waals surface area contributed by atoms with E-state index in [9.17, 15) is 18.4 Å². The fourth-order valence-corrected chi connectivity index (χ4v) is 2.71. The van der Waals surface area contributed by atoms with E-state index in [4.69, 9.17) is 11.0 Å². The lowest BCUT2D eigenvalue weighted by Gasteiger charge is -2.13. The van der Waals surface area contributed by atoms with Crippen molar-refractivity contribution in [2.45, 2.75) is 6.54 Å². The summed E-state index contributed by atoms with van der Waals surface area (Å²) < 4.78 is 27.2. The van der Waals surface area contributed by atoms with Crippen molar-refractivity contribution >= 4 is 34.7 Å². The second-order valence-corrected chi connectivity index (χ2v) is 6.35. The largest absolute Gasteiger partial charge is 0.380 e. The monoisotopic (exact) mass is 422 g/mol. The average molecular weight is 422 g/mol. The Morgan fingerprint density at radius 3 is 2.61 bits per heavy atom. The van der Waals surface area contributed by atoms with Gasteiger partial charge >= 0.3 is 5.91 Å². The highest BCUT2D eigenvalue weighted by Gasteiger charge is 2.12. The fraction of sp³-hybridized carbons (Fsp3) is 0.0476. The van der Waals surface area contributed by atoms with Gasteiger partial charge in [-0.25, -0.2) is 13.8 Å². The predicted molar refractivity (Wildman–Crippen MR) is 110 cm³/mol. The van der Waals surface area contributed by atoms with Gasteiger partial charge in [-0.1, -0.05) is 12.1 Å². The first-order chi connectivity index (χ1) is 14.9. The zero-order chi connectivity index (χ0) is 22.4. The number of carbonyl (C=O) groups is 2. The second kappa shape index (κ2) is 9.32. The fourth-order valence-electron chi connectivity index (χ4n) is 2.71. The molecule has 1 aromatic heterocycles. The van der Waals surface area contributed by atoms with Crippen molar-refractivity contribution in [2.24, 2.45) is 5.73 Å². The van der Waals surface area contributed by atoms with Crippen LogP contribution < -0.4 is 21.7 Å². The average Bonchev–Trinajstić information content (AvgIpc) is 2.74. The number of anilines is 4. The maximum atomic E-state index is 13.8. The minimum atomic E-state index is -1.01. The minimum Gasteiger partial charge on any atom is -0.380 e. The van der Waals surface area contributed by atoms with Gasteiger partial charge in [0.15, 0.2) is 6.07 Å². The van der Waals surface area contributed by atoms with Gasteiger partial charge in [-0.3, -0.25) is 9.59 Å². The van der Waals surface area contributed by atoms with E-state index < -0.39 is 17.6 Å². The van der Waals surface area contributed by atoms with Crippen LogP contribution in [0.3, 0.4) is 0 Å². The van der Waals surface area contributed by atoms with Crippen LogP contribution in [0.1, 0.15) is 15.9 Å². The number of carbonyl (C=O) groups excluding carboxylic acids is 2. The van der Waals surface area contributed by atoms with Gasteiger partial charge < -0.3 is 21.7 Å². The van der Waals surface area contributed by atoms with Gasteiger partial charge in [0, 0.05) is 24.5 Å². The Labute approximate surface area is 175 Å². The number of primary amides is 1. The second-order valence-electron chi connectivity index (χ2n) is 6.35. The first kappa shape index (κ1) is 21.2. The van der Waals surface area contributed by atoms with Gasteiger partial charge in [-0.05, 0) is 35.9 Å². The number of rotatable bonds is 7. The first-order valence-electron chi connectivity index (χ1n) is 8.91. The smallest absolute Gasteiger partial charge is 0.326 e. The highest BCUT2D eigenvalue weighted by molar-refractivity contribution is 6.02. The van der Waals surface area contributed by atoms with Gasteiger partial charge in [0.25, 0.3) is 5.91 Å². The van der Waals surface area contributed by atoms with E-state index in [-0.39, 0.29) is 29.4 Å². The highest BCUT2D eigenvalue weighted by Crippen LogP contribution is 2.25. The summed E-state index contributed by atoms with van der Waals surface area (Å²) in [6.45, 7) is 0.225. The van der Waals surface area contributed by atoms with Crippen molar-refractivity contribution in [2.75, 3.05) is 16.0 Å². The molecule has 1 heterocycles. The summed E-state index contributed by atoms with van der Waals surface area (Å²) in [5, 5.41) is 16.6. The van der Waals surface area contributed by atoms with Crippen molar-refractivity contribution in [3.63, 3.8) is 0 Å². The summed E-state index contributed by atoms with van der Waals surface area (Å²) in [5.74, 6) is -2.53. The lowest BCUT2D eigenvalue weighted by atomic mass is 10.2. The Bertz CT molecular complexity index is 1190. The van der Waals surface area contributed by atoms with E-state index in [1.54, 1.807) is 12.1 Å². The molecule has 0 radical (unpaired) electrons. The molecule has 2 amide bonds. The van der Waals surface area contributed by atoms with Crippen LogP contribution >= 0.6 is 0 Å². The topological polar surface area (TPSA) is 133 Å². The molecule has 0 spiro atoms. The van der Waals surface area contributed by atoms with Crippen LogP contribution in [0.4, 0.5) is 31.7 Å². The molecule has 10 heteroatoms. The van der Waals surface area contributed by atoms with Crippen molar-refractivity contribution in [3.8, 4) is 6.07 Å². The number of nitrogens with zero attached hydrogens (tertiary/aromatic N) is 2. The standard InChI is InChI=1S/C21H16F2N6O2/c22-13-3-1-2-12(6-13)10-26-17-8-19(27-11-15(17)21(25)31)28-14-4-5-16(23)18(7-14)29-20(30)9-24/h1-8,11H,10H2,(H2,25,31)(H,29,30)(H2,26,27,28). The van der Waals surface area contributed by atoms with Crippen LogP contribution in [0.25, 0.3) is 0 Å². The molecule has 8 nitrogen and oxygen atoms in total. The highest BCUT2D eigenvalue weighted by atomic mass is 19.1. The van der Waals surface area contributed by atoms with Crippen LogP contribution in [0.15, 0.2) is 54.7 Å². The molecule has 2 aromatic carbocycles. The molecule has 0 bridgehead atoms. The third-order valence-electron chi connectivity index (χ3n) is 4.13. The quantitative estimate of drug-likeness (QED) is 0.432. The van der Waals surface area contributed by atoms with E-state index in [1.165, 1.54) is 42.6 Å². The number of halogens is 2. The number of nitrogens with one attached hydrogen (secondary N) is 3. The number of aromatic nitrogens is 1. The molecule has 156 valence electrons. The number of hydrogen-bond acceptors (Lipinski definition) is 6. The molecule has 5 N–H and O–H groups in total. The lowest BCUT2D eigenvalue weighted by Crippen LogP contribution is -2.15. The van der Waals surface area contributed by atoms with Crippen LogP contribution in [0.2, 0.25) is 0 Å². The molecule has 0 saturated carbocycles. The van der Waals surface area contributed by atoms with Crippen molar-refractivity contribution in [3.05, 3.63) is 77.5 Å². The van der Waals surface area contributed by atoms with Gasteiger partial charge in [-0.15, -0.1) is 0 Å². The zero-order valence-corrected chi connectivity index (χ0v) is 15.9. The van der Waals surface area contributed by atoms with E-state index in [1.807, 2.05) is 0 Å². The van der Waals surface area contributed by atoms with Crippen molar-refractivity contribution in [1.29, 1.82) is 5.26 Å². The van der Waals surface area contributed by atoms with Crippen LogP contribution in [-0.2, 0) is 11.3 Å². The number of amides is 2. The normalized spacial score (nSPS) is 10.1. The number of benzene rings is 2. The Morgan fingerprint density at radius 2 is 1.90 bits per heavy atom. The van der Waals surface area contributed by atoms with Crippen LogP contribution in [-0.4, -0.2) is 16.8 Å². The summed E-state index contributed by atoms with van der Waals surface area (Å²) in [6.07, 6.45) is 1.26. The molecule has 0 aliphatic carbocycles. The molecule has 0 atom stereocenters. The maximum Gasteiger partial charge on any atom is 0.326 e. The predicted octanol–water partition coefficient (Wildman–Crippen LogP) is 3.28. The lowest BCUT2D eigenvalue weighted by molar-refractivity contribution is -0.111. The molecule has 0 fully saturated rings. The summed E-state index contributed by atoms with van der Waals surface area (Å²) in [6, 6.07) is 12.6. The van der Waals surface area contributed by atoms with Gasteiger partial charge in [0.2, 0.25) is 0 Å². The molecule has 0 unspecified atom stereocenters. The van der Waals surface area contributed by atoms with Crippen LogP contribution in [0, 0.1) is 23.0 Å². The molecule has 0 saturated heterocycles. The third kappa shape index (κ3) is 5.51. The van der Waals surface area contributed by atoms with Gasteiger partial charge in [0.1, 0.15) is 17.5 Å². The molecular formula is C21H16F2N6O2. The molecule has 3 rings (SSSR count). The molecular weight excluding hydrogens is 406 g/mol. The van der Waals surface area contributed by atoms with E-state index in [0.29, 0.717) is 16.9 Å². The summed E-state index contributed by atoms with van der Waals surface area (Å²) in [4.78, 5) is 27.0. The van der Waals surface area contributed by atoms with Crippen molar-refractivity contribution < 1.29 is 18.4 Å². The Kier molecular flexibility index (Phi) is 6.37. The van der Waals surface area contributed by atoms with Crippen molar-refractivity contribution in [1.82, 2.24) is 4.98 Å². The number of nitriles is 1. The Balaban J connectivity index is 1.83. The van der Waals surface area contributed by atoms with Crippen LogP contribution in [0.5, 0.6) is 0 Å². The Hall–Kier alpha value is -4.52. The van der Waals surface area contributed by atoms with E-state index in [0.717, 1.165) is 6.07 Å². The summed E-state index contributed by atoms with van der Waals surface area (Å²) >= 11 is 0. The summed E-state index contributed by atoms with van der Waals surface area (Å²) in [7, 11) is 0. The minimum absolute atomic E-state index is 0.128. The first-order valence-corrected chi connectivity index (χ1v) is 8.91. The van der Waals surface area contributed by atoms with Gasteiger partial charge in [0.05, 0.1) is 16.9 Å². The summed E-state index contributed by atoms with van der Waals surface area (Å²) in [5.41, 5.74) is 6.71. The number of nitrogens with two attached hydrogens (primary N) is 1. The molecule has 0 aliphatic heterocycles. The molecule has 31 heavy (non-hydrogen) atoms.